The number of hydrogen-bond acceptors (Lipinski definition) is 4. The first-order valence-corrected chi connectivity index (χ1v) is 7.82. The van der Waals surface area contributed by atoms with Gasteiger partial charge in [-0.05, 0) is 45.9 Å². The first kappa shape index (κ1) is 20.7. The minimum Gasteiger partial charge on any atom is -0.479 e. The molecule has 0 aromatic heterocycles. The van der Waals surface area contributed by atoms with Crippen LogP contribution in [0.2, 0.25) is 5.02 Å². The zero-order chi connectivity index (χ0) is 19.4. The second kappa shape index (κ2) is 7.71. The van der Waals surface area contributed by atoms with Gasteiger partial charge in [0, 0.05) is 11.2 Å². The standard InChI is InChI=1S/C16H22ClN3O5/c1-15(2,3)20-14(24)19-9-5-6-11(17)10(7-9)12(21)18-8-16(4,25)13(22)23/h5-7,25H,8H2,1-4H3,(H,18,21)(H,22,23)(H2,19,20,24). The molecule has 1 unspecified atom stereocenters. The number of carbonyl (C=O) groups is 3. The van der Waals surface area contributed by atoms with Crippen molar-refractivity contribution >= 4 is 35.2 Å². The number of hydrogen-bond donors (Lipinski definition) is 5. The molecule has 0 saturated heterocycles. The summed E-state index contributed by atoms with van der Waals surface area (Å²) in [6.45, 7) is 6.02. The Morgan fingerprint density at radius 1 is 1.16 bits per heavy atom. The highest BCUT2D eigenvalue weighted by Gasteiger charge is 2.30. The number of rotatable bonds is 5. The predicted molar refractivity (Wildman–Crippen MR) is 94.0 cm³/mol. The quantitative estimate of drug-likeness (QED) is 0.539. The van der Waals surface area contributed by atoms with E-state index in [1.54, 1.807) is 0 Å². The lowest BCUT2D eigenvalue weighted by molar-refractivity contribution is -0.155. The predicted octanol–water partition coefficient (Wildman–Crippen LogP) is 1.83. The Morgan fingerprint density at radius 2 is 1.76 bits per heavy atom. The molecule has 0 heterocycles. The monoisotopic (exact) mass is 371 g/mol. The van der Waals surface area contributed by atoms with Crippen molar-refractivity contribution in [3.8, 4) is 0 Å². The molecule has 0 aliphatic carbocycles. The van der Waals surface area contributed by atoms with E-state index in [2.05, 4.69) is 16.0 Å². The molecule has 138 valence electrons. The van der Waals surface area contributed by atoms with Crippen molar-refractivity contribution in [2.75, 3.05) is 11.9 Å². The molecule has 9 heteroatoms. The van der Waals surface area contributed by atoms with Crippen LogP contribution in [0.5, 0.6) is 0 Å². The lowest BCUT2D eigenvalue weighted by atomic mass is 10.1. The lowest BCUT2D eigenvalue weighted by Crippen LogP contribution is -2.46. The summed E-state index contributed by atoms with van der Waals surface area (Å²) in [7, 11) is 0. The number of anilines is 1. The number of benzene rings is 1. The van der Waals surface area contributed by atoms with Crippen LogP contribution in [-0.2, 0) is 4.79 Å². The van der Waals surface area contributed by atoms with Gasteiger partial charge in [0.2, 0.25) is 0 Å². The zero-order valence-corrected chi connectivity index (χ0v) is 15.2. The molecule has 0 saturated carbocycles. The van der Waals surface area contributed by atoms with E-state index in [0.717, 1.165) is 6.92 Å². The third-order valence-corrected chi connectivity index (χ3v) is 3.34. The Bertz CT molecular complexity index is 683. The molecule has 0 aliphatic rings. The number of amides is 3. The number of urea groups is 1. The van der Waals surface area contributed by atoms with Crippen LogP contribution in [0.1, 0.15) is 38.1 Å². The van der Waals surface area contributed by atoms with Crippen LogP contribution in [0.25, 0.3) is 0 Å². The second-order valence-electron chi connectivity index (χ2n) is 6.79. The first-order chi connectivity index (χ1) is 11.3. The van der Waals surface area contributed by atoms with Gasteiger partial charge in [0.1, 0.15) is 0 Å². The van der Waals surface area contributed by atoms with E-state index < -0.39 is 35.6 Å². The maximum Gasteiger partial charge on any atom is 0.337 e. The fourth-order valence-electron chi connectivity index (χ4n) is 1.70. The van der Waals surface area contributed by atoms with Gasteiger partial charge in [0.25, 0.3) is 5.91 Å². The van der Waals surface area contributed by atoms with Crippen LogP contribution in [0.3, 0.4) is 0 Å². The zero-order valence-electron chi connectivity index (χ0n) is 14.4. The minimum absolute atomic E-state index is 0.0383. The highest BCUT2D eigenvalue weighted by molar-refractivity contribution is 6.34. The van der Waals surface area contributed by atoms with E-state index in [1.807, 2.05) is 20.8 Å². The number of carboxylic acids is 1. The van der Waals surface area contributed by atoms with Crippen molar-refractivity contribution < 1.29 is 24.6 Å². The summed E-state index contributed by atoms with van der Waals surface area (Å²) < 4.78 is 0. The molecular formula is C16H22ClN3O5. The molecule has 0 aliphatic heterocycles. The molecule has 0 spiro atoms. The van der Waals surface area contributed by atoms with Crippen molar-refractivity contribution in [3.05, 3.63) is 28.8 Å². The van der Waals surface area contributed by atoms with Gasteiger partial charge in [-0.2, -0.15) is 0 Å². The van der Waals surface area contributed by atoms with Gasteiger partial charge in [-0.1, -0.05) is 11.6 Å². The van der Waals surface area contributed by atoms with E-state index >= 15 is 0 Å². The van der Waals surface area contributed by atoms with E-state index in [9.17, 15) is 19.5 Å². The summed E-state index contributed by atoms with van der Waals surface area (Å²) >= 11 is 5.98. The van der Waals surface area contributed by atoms with Gasteiger partial charge in [-0.15, -0.1) is 0 Å². The summed E-state index contributed by atoms with van der Waals surface area (Å²) in [6.07, 6.45) is 0. The smallest absolute Gasteiger partial charge is 0.337 e. The van der Waals surface area contributed by atoms with Crippen molar-refractivity contribution in [1.29, 1.82) is 0 Å². The van der Waals surface area contributed by atoms with Crippen molar-refractivity contribution in [3.63, 3.8) is 0 Å². The van der Waals surface area contributed by atoms with E-state index in [4.69, 9.17) is 16.7 Å². The van der Waals surface area contributed by atoms with Crippen molar-refractivity contribution in [2.24, 2.45) is 0 Å². The number of nitrogens with one attached hydrogen (secondary N) is 3. The topological polar surface area (TPSA) is 128 Å². The molecule has 5 N–H and O–H groups in total. The highest BCUT2D eigenvalue weighted by Crippen LogP contribution is 2.21. The van der Waals surface area contributed by atoms with Gasteiger partial charge in [0.05, 0.1) is 17.1 Å². The van der Waals surface area contributed by atoms with Gasteiger partial charge in [-0.3, -0.25) is 4.79 Å². The molecule has 1 rings (SSSR count). The highest BCUT2D eigenvalue weighted by atomic mass is 35.5. The minimum atomic E-state index is -2.11. The Labute approximate surface area is 150 Å². The van der Waals surface area contributed by atoms with Crippen LogP contribution in [-0.4, -0.2) is 45.8 Å². The number of carboxylic acid groups (broad SMARTS) is 1. The molecule has 0 fully saturated rings. The van der Waals surface area contributed by atoms with Crippen molar-refractivity contribution in [1.82, 2.24) is 10.6 Å². The Hall–Kier alpha value is -2.32. The summed E-state index contributed by atoms with van der Waals surface area (Å²) in [4.78, 5) is 34.9. The van der Waals surface area contributed by atoms with Crippen molar-refractivity contribution in [2.45, 2.75) is 38.8 Å². The summed E-state index contributed by atoms with van der Waals surface area (Å²) in [5, 5.41) is 26.2. The van der Waals surface area contributed by atoms with Crippen LogP contribution in [0.4, 0.5) is 10.5 Å². The first-order valence-electron chi connectivity index (χ1n) is 7.44. The molecule has 25 heavy (non-hydrogen) atoms. The number of aliphatic carboxylic acids is 1. The van der Waals surface area contributed by atoms with Gasteiger partial charge in [-0.25, -0.2) is 9.59 Å². The molecule has 1 aromatic carbocycles. The van der Waals surface area contributed by atoms with E-state index in [0.29, 0.717) is 5.69 Å². The maximum absolute atomic E-state index is 12.2. The third kappa shape index (κ3) is 6.60. The Morgan fingerprint density at radius 3 is 2.28 bits per heavy atom. The molecular weight excluding hydrogens is 350 g/mol. The molecule has 1 atom stereocenters. The summed E-state index contributed by atoms with van der Waals surface area (Å²) in [6, 6.07) is 3.86. The van der Waals surface area contributed by atoms with E-state index in [-0.39, 0.29) is 10.6 Å². The largest absolute Gasteiger partial charge is 0.479 e. The summed E-state index contributed by atoms with van der Waals surface area (Å²) in [5.74, 6) is -2.14. The normalized spacial score (nSPS) is 13.5. The average Bonchev–Trinajstić information content (AvgIpc) is 2.44. The molecule has 0 radical (unpaired) electrons. The van der Waals surface area contributed by atoms with Crippen LogP contribution < -0.4 is 16.0 Å². The number of aliphatic hydroxyl groups is 1. The molecule has 8 nitrogen and oxygen atoms in total. The second-order valence-corrected chi connectivity index (χ2v) is 7.19. The molecule has 1 aromatic rings. The fraction of sp³-hybridized carbons (Fsp3) is 0.438. The number of carbonyl (C=O) groups excluding carboxylic acids is 2. The third-order valence-electron chi connectivity index (χ3n) is 3.01. The average molecular weight is 372 g/mol. The molecule has 3 amide bonds. The fourth-order valence-corrected chi connectivity index (χ4v) is 1.91. The summed E-state index contributed by atoms with van der Waals surface area (Å²) in [5.41, 5.74) is -2.17. The van der Waals surface area contributed by atoms with Crippen LogP contribution in [0, 0.1) is 0 Å². The molecule has 0 bridgehead atoms. The Balaban J connectivity index is 2.85. The van der Waals surface area contributed by atoms with Gasteiger partial charge >= 0.3 is 12.0 Å². The van der Waals surface area contributed by atoms with Crippen LogP contribution in [0.15, 0.2) is 18.2 Å². The maximum atomic E-state index is 12.2. The van der Waals surface area contributed by atoms with Gasteiger partial charge in [0.15, 0.2) is 5.60 Å². The SMILES string of the molecule is CC(C)(C)NC(=O)Nc1ccc(Cl)c(C(=O)NCC(C)(O)C(=O)O)c1. The lowest BCUT2D eigenvalue weighted by Gasteiger charge is -2.21. The Kier molecular flexibility index (Phi) is 6.39. The van der Waals surface area contributed by atoms with E-state index in [1.165, 1.54) is 18.2 Å². The number of halogens is 1. The van der Waals surface area contributed by atoms with Gasteiger partial charge < -0.3 is 26.2 Å². The van der Waals surface area contributed by atoms with Crippen LogP contribution >= 0.6 is 11.6 Å².